The molecule has 2 aromatic carbocycles. The zero-order valence-corrected chi connectivity index (χ0v) is 19.6. The average molecular weight is 562 g/mol. The van der Waals surface area contributed by atoms with E-state index in [1.165, 1.54) is 36.7 Å². The van der Waals surface area contributed by atoms with Crippen LogP contribution in [0.2, 0.25) is 0 Å². The molecule has 11 heteroatoms. The van der Waals surface area contributed by atoms with Crippen molar-refractivity contribution < 1.29 is 24.3 Å². The molecule has 0 unspecified atom stereocenters. The van der Waals surface area contributed by atoms with Crippen LogP contribution in [0.25, 0.3) is 0 Å². The lowest BCUT2D eigenvalue weighted by Crippen LogP contribution is -2.03. The van der Waals surface area contributed by atoms with Gasteiger partial charge in [0, 0.05) is 12.3 Å². The highest BCUT2D eigenvalue weighted by Crippen LogP contribution is 2.34. The molecule has 10 nitrogen and oxygen atoms in total. The standard InChI is InChI=1S/C22H19IN4O6/c1-2-32-19-11-15(12-25-26-21-18(27(30)31)4-3-9-24-21)10-17(23)20(19)33-13-14-5-7-16(8-6-14)22(28)29/h3-12H,2,13H2,1H3,(H,24,26)(H,28,29)/b25-12-. The van der Waals surface area contributed by atoms with Crippen molar-refractivity contribution in [1.82, 2.24) is 4.98 Å². The van der Waals surface area contributed by atoms with Gasteiger partial charge in [0.2, 0.25) is 5.82 Å². The molecule has 3 rings (SSSR count). The number of hydrogen-bond acceptors (Lipinski definition) is 8. The van der Waals surface area contributed by atoms with Crippen LogP contribution >= 0.6 is 22.6 Å². The number of nitrogens with one attached hydrogen (secondary N) is 1. The van der Waals surface area contributed by atoms with Gasteiger partial charge in [0.05, 0.1) is 26.9 Å². The van der Waals surface area contributed by atoms with Crippen LogP contribution in [-0.2, 0) is 6.61 Å². The smallest absolute Gasteiger partial charge is 0.335 e. The third-order valence-corrected chi connectivity index (χ3v) is 5.08. The van der Waals surface area contributed by atoms with E-state index in [4.69, 9.17) is 14.6 Å². The first-order valence-electron chi connectivity index (χ1n) is 9.69. The summed E-state index contributed by atoms with van der Waals surface area (Å²) in [4.78, 5) is 25.5. The summed E-state index contributed by atoms with van der Waals surface area (Å²) in [5.41, 5.74) is 4.11. The Hall–Kier alpha value is -3.74. The largest absolute Gasteiger partial charge is 0.490 e. The molecule has 0 aliphatic carbocycles. The van der Waals surface area contributed by atoms with E-state index in [1.54, 1.807) is 18.2 Å². The molecule has 0 saturated heterocycles. The number of carboxylic acid groups (broad SMARTS) is 1. The van der Waals surface area contributed by atoms with Crippen molar-refractivity contribution in [1.29, 1.82) is 0 Å². The van der Waals surface area contributed by atoms with Crippen LogP contribution in [0.15, 0.2) is 59.8 Å². The number of carboxylic acids is 1. The monoisotopic (exact) mass is 562 g/mol. The first-order chi connectivity index (χ1) is 15.9. The lowest BCUT2D eigenvalue weighted by Gasteiger charge is -2.15. The Bertz CT molecular complexity index is 1180. The molecule has 0 fully saturated rings. The van der Waals surface area contributed by atoms with E-state index in [9.17, 15) is 14.9 Å². The molecule has 1 aromatic heterocycles. The fourth-order valence-electron chi connectivity index (χ4n) is 2.76. The van der Waals surface area contributed by atoms with Crippen LogP contribution in [0.1, 0.15) is 28.4 Å². The van der Waals surface area contributed by atoms with Gasteiger partial charge in [-0.2, -0.15) is 5.10 Å². The van der Waals surface area contributed by atoms with Crippen LogP contribution < -0.4 is 14.9 Å². The molecule has 0 aliphatic heterocycles. The minimum absolute atomic E-state index is 0.0346. The van der Waals surface area contributed by atoms with Gasteiger partial charge in [-0.25, -0.2) is 9.78 Å². The molecule has 0 radical (unpaired) electrons. The SMILES string of the molecule is CCOc1cc(/C=N\Nc2ncccc2[N+](=O)[O-])cc(I)c1OCc1ccc(C(=O)O)cc1. The van der Waals surface area contributed by atoms with Crippen LogP contribution in [-0.4, -0.2) is 33.8 Å². The Morgan fingerprint density at radius 2 is 2.03 bits per heavy atom. The number of anilines is 1. The number of pyridine rings is 1. The number of ether oxygens (including phenoxy) is 2. The van der Waals surface area contributed by atoms with Crippen LogP contribution in [0.5, 0.6) is 11.5 Å². The number of halogens is 1. The molecule has 0 spiro atoms. The van der Waals surface area contributed by atoms with Crippen molar-refractivity contribution in [3.8, 4) is 11.5 Å². The number of benzene rings is 2. The lowest BCUT2D eigenvalue weighted by molar-refractivity contribution is -0.384. The summed E-state index contributed by atoms with van der Waals surface area (Å²) >= 11 is 2.12. The third-order valence-electron chi connectivity index (χ3n) is 4.28. The summed E-state index contributed by atoms with van der Waals surface area (Å²) in [7, 11) is 0. The van der Waals surface area contributed by atoms with E-state index >= 15 is 0 Å². The number of nitrogens with zero attached hydrogens (tertiary/aromatic N) is 3. The van der Waals surface area contributed by atoms with Crippen molar-refractivity contribution >= 4 is 46.3 Å². The van der Waals surface area contributed by atoms with Crippen molar-refractivity contribution in [2.45, 2.75) is 13.5 Å². The molecular weight excluding hydrogens is 543 g/mol. The van der Waals surface area contributed by atoms with Crippen LogP contribution in [0, 0.1) is 13.7 Å². The van der Waals surface area contributed by atoms with Gasteiger partial charge in [-0.1, -0.05) is 12.1 Å². The summed E-state index contributed by atoms with van der Waals surface area (Å²) < 4.78 is 12.4. The van der Waals surface area contributed by atoms with E-state index in [0.717, 1.165) is 9.13 Å². The van der Waals surface area contributed by atoms with Crippen molar-refractivity contribution in [2.24, 2.45) is 5.10 Å². The Labute approximate surface area is 202 Å². The number of carbonyl (C=O) groups is 1. The molecular formula is C22H19IN4O6. The highest BCUT2D eigenvalue weighted by atomic mass is 127. The second-order valence-corrected chi connectivity index (χ2v) is 7.71. The highest BCUT2D eigenvalue weighted by molar-refractivity contribution is 14.1. The maximum atomic E-state index is 11.1. The van der Waals surface area contributed by atoms with E-state index < -0.39 is 10.9 Å². The molecule has 0 aliphatic rings. The summed E-state index contributed by atoms with van der Waals surface area (Å²) in [6, 6.07) is 12.8. The van der Waals surface area contributed by atoms with E-state index in [0.29, 0.717) is 23.7 Å². The number of hydrazone groups is 1. The zero-order valence-electron chi connectivity index (χ0n) is 17.4. The van der Waals surface area contributed by atoms with Gasteiger partial charge < -0.3 is 14.6 Å². The fourth-order valence-corrected chi connectivity index (χ4v) is 3.54. The number of aromatic carboxylic acids is 1. The van der Waals surface area contributed by atoms with E-state index in [-0.39, 0.29) is 23.7 Å². The summed E-state index contributed by atoms with van der Waals surface area (Å²) in [6.45, 7) is 2.50. The van der Waals surface area contributed by atoms with Crippen LogP contribution in [0.4, 0.5) is 11.5 Å². The predicted molar refractivity (Wildman–Crippen MR) is 130 cm³/mol. The second-order valence-electron chi connectivity index (χ2n) is 6.55. The average Bonchev–Trinajstić information content (AvgIpc) is 2.79. The normalized spacial score (nSPS) is 10.7. The maximum absolute atomic E-state index is 11.1. The number of hydrogen-bond donors (Lipinski definition) is 2. The molecule has 3 aromatic rings. The van der Waals surface area contributed by atoms with Crippen LogP contribution in [0.3, 0.4) is 0 Å². The molecule has 0 atom stereocenters. The highest BCUT2D eigenvalue weighted by Gasteiger charge is 2.14. The Kier molecular flexibility index (Phi) is 8.13. The Balaban J connectivity index is 1.75. The van der Waals surface area contributed by atoms with E-state index in [1.807, 2.05) is 13.0 Å². The number of aromatic nitrogens is 1. The molecule has 2 N–H and O–H groups in total. The molecule has 0 bridgehead atoms. The van der Waals surface area contributed by atoms with Gasteiger partial charge in [-0.15, -0.1) is 0 Å². The minimum atomic E-state index is -0.986. The van der Waals surface area contributed by atoms with Gasteiger partial charge in [0.15, 0.2) is 11.5 Å². The van der Waals surface area contributed by atoms with Crippen molar-refractivity contribution in [3.05, 3.63) is 85.1 Å². The molecule has 1 heterocycles. The van der Waals surface area contributed by atoms with Crippen molar-refractivity contribution in [2.75, 3.05) is 12.0 Å². The summed E-state index contributed by atoms with van der Waals surface area (Å²) in [5.74, 6) is 0.106. The quantitative estimate of drug-likeness (QED) is 0.157. The lowest BCUT2D eigenvalue weighted by atomic mass is 10.1. The van der Waals surface area contributed by atoms with Gasteiger partial charge in [-0.3, -0.25) is 15.5 Å². The Morgan fingerprint density at radius 3 is 2.70 bits per heavy atom. The first kappa shape index (κ1) is 23.9. The first-order valence-corrected chi connectivity index (χ1v) is 10.8. The molecule has 170 valence electrons. The zero-order chi connectivity index (χ0) is 23.8. The van der Waals surface area contributed by atoms with Gasteiger partial charge in [-0.05, 0) is 71.0 Å². The van der Waals surface area contributed by atoms with E-state index in [2.05, 4.69) is 38.1 Å². The minimum Gasteiger partial charge on any atom is -0.490 e. The third kappa shape index (κ3) is 6.38. The Morgan fingerprint density at radius 1 is 1.27 bits per heavy atom. The fraction of sp³-hybridized carbons (Fsp3) is 0.136. The molecule has 0 amide bonds. The number of rotatable bonds is 10. The number of nitro groups is 1. The summed E-state index contributed by atoms with van der Waals surface area (Å²) in [5, 5.41) is 24.1. The topological polar surface area (TPSA) is 136 Å². The second kappa shape index (κ2) is 11.2. The van der Waals surface area contributed by atoms with Gasteiger partial charge >= 0.3 is 11.7 Å². The predicted octanol–water partition coefficient (Wildman–Crippen LogP) is 4.72. The van der Waals surface area contributed by atoms with Gasteiger partial charge in [0.1, 0.15) is 6.61 Å². The summed E-state index contributed by atoms with van der Waals surface area (Å²) in [6.07, 6.45) is 2.93. The maximum Gasteiger partial charge on any atom is 0.335 e. The molecule has 0 saturated carbocycles. The molecule has 33 heavy (non-hydrogen) atoms. The van der Waals surface area contributed by atoms with Crippen molar-refractivity contribution in [3.63, 3.8) is 0 Å². The van der Waals surface area contributed by atoms with Gasteiger partial charge in [0.25, 0.3) is 0 Å².